The highest BCUT2D eigenvalue weighted by atomic mass is 16.5. The van der Waals surface area contributed by atoms with Gasteiger partial charge in [0.25, 0.3) is 0 Å². The summed E-state index contributed by atoms with van der Waals surface area (Å²) in [7, 11) is 5.39. The maximum absolute atomic E-state index is 5.15. The van der Waals surface area contributed by atoms with E-state index in [9.17, 15) is 0 Å². The number of anilines is 3. The molecule has 144 valence electrons. The van der Waals surface area contributed by atoms with E-state index in [1.165, 1.54) is 0 Å². The molecule has 3 aromatic rings. The highest BCUT2D eigenvalue weighted by Gasteiger charge is 2.07. The third kappa shape index (κ3) is 5.41. The summed E-state index contributed by atoms with van der Waals surface area (Å²) in [4.78, 5) is 15.0. The van der Waals surface area contributed by atoms with Crippen LogP contribution in [0.25, 0.3) is 0 Å². The highest BCUT2D eigenvalue weighted by Crippen LogP contribution is 2.13. The van der Waals surface area contributed by atoms with Crippen LogP contribution >= 0.6 is 0 Å². The molecule has 0 saturated heterocycles. The fourth-order valence-corrected chi connectivity index (χ4v) is 2.33. The van der Waals surface area contributed by atoms with Gasteiger partial charge in [0, 0.05) is 20.6 Å². The summed E-state index contributed by atoms with van der Waals surface area (Å²) in [5.41, 5.74) is 4.93. The van der Waals surface area contributed by atoms with E-state index in [2.05, 4.69) is 30.8 Å². The number of nitrogens with zero attached hydrogens (tertiary/aromatic N) is 5. The topological polar surface area (TPSA) is 87.6 Å². The van der Waals surface area contributed by atoms with Crippen LogP contribution in [0.15, 0.2) is 59.7 Å². The van der Waals surface area contributed by atoms with Crippen molar-refractivity contribution in [3.8, 4) is 5.75 Å². The molecule has 0 spiro atoms. The van der Waals surface area contributed by atoms with Crippen LogP contribution in [0.1, 0.15) is 11.1 Å². The molecular formula is C20H23N7O. The number of methoxy groups -OCH3 is 1. The predicted molar refractivity (Wildman–Crippen MR) is 112 cm³/mol. The van der Waals surface area contributed by atoms with Crippen molar-refractivity contribution in [2.24, 2.45) is 5.10 Å². The quantitative estimate of drug-likeness (QED) is 0.461. The van der Waals surface area contributed by atoms with Gasteiger partial charge in [-0.15, -0.1) is 0 Å². The molecule has 0 fully saturated rings. The first-order chi connectivity index (χ1) is 13.6. The van der Waals surface area contributed by atoms with Gasteiger partial charge in [0.05, 0.1) is 13.3 Å². The maximum atomic E-state index is 5.15. The molecule has 0 atom stereocenters. The minimum Gasteiger partial charge on any atom is -0.497 e. The van der Waals surface area contributed by atoms with E-state index >= 15 is 0 Å². The van der Waals surface area contributed by atoms with Crippen molar-refractivity contribution in [2.75, 3.05) is 36.8 Å². The van der Waals surface area contributed by atoms with Crippen LogP contribution in [-0.2, 0) is 6.54 Å². The first-order valence-electron chi connectivity index (χ1n) is 8.78. The van der Waals surface area contributed by atoms with Gasteiger partial charge in [-0.3, -0.25) is 0 Å². The van der Waals surface area contributed by atoms with Crippen LogP contribution in [0, 0.1) is 0 Å². The number of ether oxygens (including phenoxy) is 1. The van der Waals surface area contributed by atoms with Crippen molar-refractivity contribution in [1.82, 2.24) is 15.0 Å². The molecule has 0 aliphatic heterocycles. The van der Waals surface area contributed by atoms with Gasteiger partial charge < -0.3 is 15.0 Å². The fourth-order valence-electron chi connectivity index (χ4n) is 2.33. The van der Waals surface area contributed by atoms with Crippen LogP contribution in [0.4, 0.5) is 17.8 Å². The molecule has 2 aromatic carbocycles. The van der Waals surface area contributed by atoms with Gasteiger partial charge in [-0.25, -0.2) is 5.43 Å². The Labute approximate surface area is 164 Å². The van der Waals surface area contributed by atoms with E-state index in [0.717, 1.165) is 16.9 Å². The Hall–Kier alpha value is -3.68. The van der Waals surface area contributed by atoms with Gasteiger partial charge in [-0.05, 0) is 35.4 Å². The summed E-state index contributed by atoms with van der Waals surface area (Å²) in [5, 5.41) is 7.44. The molecule has 28 heavy (non-hydrogen) atoms. The minimum absolute atomic E-state index is 0.360. The van der Waals surface area contributed by atoms with Gasteiger partial charge in [-0.1, -0.05) is 30.3 Å². The molecule has 3 rings (SSSR count). The van der Waals surface area contributed by atoms with Crippen LogP contribution in [0.5, 0.6) is 5.75 Å². The number of benzene rings is 2. The third-order valence-corrected chi connectivity index (χ3v) is 3.81. The zero-order chi connectivity index (χ0) is 19.8. The van der Waals surface area contributed by atoms with Crippen LogP contribution in [-0.4, -0.2) is 42.4 Å². The molecule has 0 amide bonds. The zero-order valence-electron chi connectivity index (χ0n) is 16.1. The summed E-state index contributed by atoms with van der Waals surface area (Å²) in [5.74, 6) is 2.17. The lowest BCUT2D eigenvalue weighted by molar-refractivity contribution is 0.415. The molecule has 0 saturated carbocycles. The Morgan fingerprint density at radius 2 is 1.68 bits per heavy atom. The molecule has 8 nitrogen and oxygen atoms in total. The van der Waals surface area contributed by atoms with Crippen molar-refractivity contribution < 1.29 is 4.74 Å². The summed E-state index contributed by atoms with van der Waals surface area (Å²) in [6, 6.07) is 17.6. The van der Waals surface area contributed by atoms with Gasteiger partial charge in [0.1, 0.15) is 5.75 Å². The summed E-state index contributed by atoms with van der Waals surface area (Å²) < 4.78 is 5.15. The maximum Gasteiger partial charge on any atom is 0.250 e. The lowest BCUT2D eigenvalue weighted by Gasteiger charge is -2.13. The molecule has 8 heteroatoms. The van der Waals surface area contributed by atoms with E-state index < -0.39 is 0 Å². The Kier molecular flexibility index (Phi) is 6.35. The molecule has 1 heterocycles. The van der Waals surface area contributed by atoms with E-state index in [-0.39, 0.29) is 0 Å². The Bertz CT molecular complexity index is 912. The smallest absolute Gasteiger partial charge is 0.250 e. The fraction of sp³-hybridized carbons (Fsp3) is 0.200. The van der Waals surface area contributed by atoms with Crippen molar-refractivity contribution in [3.05, 3.63) is 65.7 Å². The van der Waals surface area contributed by atoms with E-state index in [0.29, 0.717) is 24.4 Å². The first kappa shape index (κ1) is 19.1. The monoisotopic (exact) mass is 377 g/mol. The number of rotatable bonds is 8. The number of nitrogens with one attached hydrogen (secondary N) is 2. The lowest BCUT2D eigenvalue weighted by Crippen LogP contribution is -2.16. The second-order valence-electron chi connectivity index (χ2n) is 6.16. The molecule has 0 unspecified atom stereocenters. The largest absolute Gasteiger partial charge is 0.497 e. The van der Waals surface area contributed by atoms with Crippen molar-refractivity contribution in [2.45, 2.75) is 6.54 Å². The van der Waals surface area contributed by atoms with Gasteiger partial charge >= 0.3 is 0 Å². The van der Waals surface area contributed by atoms with Gasteiger partial charge in [0.2, 0.25) is 17.8 Å². The molecular weight excluding hydrogens is 354 g/mol. The lowest BCUT2D eigenvalue weighted by atomic mass is 10.2. The summed E-state index contributed by atoms with van der Waals surface area (Å²) >= 11 is 0. The number of hydrogen-bond donors (Lipinski definition) is 2. The highest BCUT2D eigenvalue weighted by molar-refractivity contribution is 5.80. The normalized spacial score (nSPS) is 10.7. The van der Waals surface area contributed by atoms with Crippen LogP contribution in [0.2, 0.25) is 0 Å². The second kappa shape index (κ2) is 9.31. The van der Waals surface area contributed by atoms with Gasteiger partial charge in [-0.2, -0.15) is 20.1 Å². The Morgan fingerprint density at radius 3 is 2.36 bits per heavy atom. The first-order valence-corrected chi connectivity index (χ1v) is 8.78. The Balaban J connectivity index is 1.70. The molecule has 1 aromatic heterocycles. The average Bonchev–Trinajstić information content (AvgIpc) is 2.73. The predicted octanol–water partition coefficient (Wildman–Crippen LogP) is 3.00. The van der Waals surface area contributed by atoms with Crippen LogP contribution < -0.4 is 20.4 Å². The van der Waals surface area contributed by atoms with Crippen LogP contribution in [0.3, 0.4) is 0 Å². The molecule has 0 aliphatic carbocycles. The molecule has 0 aliphatic rings. The molecule has 2 N–H and O–H groups in total. The minimum atomic E-state index is 0.360. The average molecular weight is 377 g/mol. The molecule has 0 radical (unpaired) electrons. The van der Waals surface area contributed by atoms with Crippen molar-refractivity contribution >= 4 is 24.1 Å². The number of hydrogen-bond acceptors (Lipinski definition) is 8. The van der Waals surface area contributed by atoms with Crippen molar-refractivity contribution in [3.63, 3.8) is 0 Å². The Morgan fingerprint density at radius 1 is 0.964 bits per heavy atom. The van der Waals surface area contributed by atoms with Gasteiger partial charge in [0.15, 0.2) is 0 Å². The van der Waals surface area contributed by atoms with E-state index in [1.807, 2.05) is 73.6 Å². The summed E-state index contributed by atoms with van der Waals surface area (Å²) in [6.07, 6.45) is 1.69. The standard InChI is InChI=1S/C20H23N7O/c1-27(2)20-24-18(21-13-15-7-5-4-6-8-15)23-19(25-20)26-22-14-16-9-11-17(28-3)12-10-16/h4-12,14H,13H2,1-3H3,(H2,21,23,24,25,26). The third-order valence-electron chi connectivity index (χ3n) is 3.81. The number of hydrazone groups is 1. The SMILES string of the molecule is COc1ccc(C=NNc2nc(NCc3ccccc3)nc(N(C)C)n2)cc1. The van der Waals surface area contributed by atoms with E-state index in [4.69, 9.17) is 4.74 Å². The zero-order valence-corrected chi connectivity index (χ0v) is 16.1. The molecule has 0 bridgehead atoms. The van der Waals surface area contributed by atoms with E-state index in [1.54, 1.807) is 13.3 Å². The second-order valence-corrected chi connectivity index (χ2v) is 6.16. The number of aromatic nitrogens is 3. The summed E-state index contributed by atoms with van der Waals surface area (Å²) in [6.45, 7) is 0.617. The van der Waals surface area contributed by atoms with Crippen molar-refractivity contribution in [1.29, 1.82) is 0 Å².